The third kappa shape index (κ3) is 4.76. The average molecular weight is 455 g/mol. The number of nitrogens with zero attached hydrogens (tertiary/aromatic N) is 1. The summed E-state index contributed by atoms with van der Waals surface area (Å²) in [6.07, 6.45) is 1.48. The van der Waals surface area contributed by atoms with Crippen LogP contribution in [0.2, 0.25) is 0 Å². The lowest BCUT2D eigenvalue weighted by Gasteiger charge is -2.15. The lowest BCUT2D eigenvalue weighted by Crippen LogP contribution is -2.24. The van der Waals surface area contributed by atoms with Crippen molar-refractivity contribution in [1.82, 2.24) is 4.57 Å². The molecule has 0 atom stereocenters. The molecular weight excluding hydrogens is 428 g/mol. The number of aryl methyl sites for hydroxylation is 2. The minimum absolute atomic E-state index is 0.00805. The molecule has 0 aliphatic carbocycles. The van der Waals surface area contributed by atoms with E-state index in [0.29, 0.717) is 34.5 Å². The molecular formula is C28H26N2O4. The first-order valence-electron chi connectivity index (χ1n) is 11.1. The first-order valence-corrected chi connectivity index (χ1v) is 11.1. The van der Waals surface area contributed by atoms with Gasteiger partial charge in [-0.3, -0.25) is 14.4 Å². The molecule has 0 aliphatic heterocycles. The molecule has 4 aromatic rings. The van der Waals surface area contributed by atoms with Gasteiger partial charge in [0.15, 0.2) is 5.78 Å². The van der Waals surface area contributed by atoms with Crippen molar-refractivity contribution in [1.29, 1.82) is 0 Å². The van der Waals surface area contributed by atoms with Gasteiger partial charge in [0.25, 0.3) is 0 Å². The quantitative estimate of drug-likeness (QED) is 0.404. The van der Waals surface area contributed by atoms with Crippen molar-refractivity contribution in [2.45, 2.75) is 27.3 Å². The molecule has 0 radical (unpaired) electrons. The maximum absolute atomic E-state index is 13.4. The standard InChI is InChI=1S/C28H26N2O4/c1-4-34-21-13-14-25-22(15-21)28(33)23(27(32)20-11-9-18(2)10-12-20)16-30(25)17-26(31)29-24-8-6-5-7-19(24)3/h5-16H,4,17H2,1-3H3,(H,29,31). The Hall–Kier alpha value is -4.19. The molecule has 0 unspecified atom stereocenters. The van der Waals surface area contributed by atoms with Gasteiger partial charge < -0.3 is 14.6 Å². The summed E-state index contributed by atoms with van der Waals surface area (Å²) in [4.78, 5) is 39.5. The number of nitrogens with one attached hydrogen (secondary N) is 1. The van der Waals surface area contributed by atoms with Crippen molar-refractivity contribution in [2.75, 3.05) is 11.9 Å². The molecule has 4 rings (SSSR count). The van der Waals surface area contributed by atoms with E-state index >= 15 is 0 Å². The van der Waals surface area contributed by atoms with E-state index in [1.165, 1.54) is 6.20 Å². The van der Waals surface area contributed by atoms with Gasteiger partial charge in [-0.15, -0.1) is 0 Å². The Bertz CT molecular complexity index is 1440. The van der Waals surface area contributed by atoms with Crippen molar-refractivity contribution < 1.29 is 14.3 Å². The summed E-state index contributed by atoms with van der Waals surface area (Å²) in [6, 6.07) is 19.7. The zero-order valence-electron chi connectivity index (χ0n) is 19.4. The summed E-state index contributed by atoms with van der Waals surface area (Å²) in [7, 11) is 0. The molecule has 0 spiro atoms. The fraction of sp³-hybridized carbons (Fsp3) is 0.179. The number of anilines is 1. The van der Waals surface area contributed by atoms with Gasteiger partial charge in [0.2, 0.25) is 11.3 Å². The number of ketones is 1. The van der Waals surface area contributed by atoms with Crippen LogP contribution in [0.4, 0.5) is 5.69 Å². The molecule has 172 valence electrons. The van der Waals surface area contributed by atoms with Gasteiger partial charge in [0, 0.05) is 17.4 Å². The third-order valence-electron chi connectivity index (χ3n) is 5.65. The molecule has 0 fully saturated rings. The number of pyridine rings is 1. The number of carbonyl (C=O) groups excluding carboxylic acids is 2. The topological polar surface area (TPSA) is 77.4 Å². The van der Waals surface area contributed by atoms with E-state index in [2.05, 4.69) is 5.32 Å². The van der Waals surface area contributed by atoms with Crippen LogP contribution in [0.25, 0.3) is 10.9 Å². The molecule has 0 aliphatic rings. The Balaban J connectivity index is 1.79. The molecule has 0 bridgehead atoms. The summed E-state index contributed by atoms with van der Waals surface area (Å²) < 4.78 is 7.21. The summed E-state index contributed by atoms with van der Waals surface area (Å²) in [5.74, 6) is -0.119. The predicted octanol–water partition coefficient (Wildman–Crippen LogP) is 4.89. The summed E-state index contributed by atoms with van der Waals surface area (Å²) in [6.45, 7) is 6.08. The Morgan fingerprint density at radius 1 is 0.971 bits per heavy atom. The summed E-state index contributed by atoms with van der Waals surface area (Å²) in [5.41, 5.74) is 3.26. The highest BCUT2D eigenvalue weighted by Crippen LogP contribution is 2.21. The number of para-hydroxylation sites is 1. The molecule has 0 saturated heterocycles. The van der Waals surface area contributed by atoms with E-state index < -0.39 is 5.43 Å². The normalized spacial score (nSPS) is 10.8. The minimum Gasteiger partial charge on any atom is -0.494 e. The van der Waals surface area contributed by atoms with Crippen LogP contribution in [0.3, 0.4) is 0 Å². The maximum Gasteiger partial charge on any atom is 0.244 e. The summed E-state index contributed by atoms with van der Waals surface area (Å²) >= 11 is 0. The fourth-order valence-corrected chi connectivity index (χ4v) is 3.84. The van der Waals surface area contributed by atoms with E-state index in [0.717, 1.165) is 11.1 Å². The number of hydrogen-bond donors (Lipinski definition) is 1. The van der Waals surface area contributed by atoms with E-state index in [1.54, 1.807) is 34.9 Å². The maximum atomic E-state index is 13.4. The summed E-state index contributed by atoms with van der Waals surface area (Å²) in [5, 5.41) is 3.24. The minimum atomic E-state index is -0.391. The van der Waals surface area contributed by atoms with Gasteiger partial charge in [0.05, 0.1) is 23.1 Å². The largest absolute Gasteiger partial charge is 0.494 e. The molecule has 1 aromatic heterocycles. The molecule has 3 aromatic carbocycles. The number of fused-ring (bicyclic) bond motifs is 1. The van der Waals surface area contributed by atoms with Crippen molar-refractivity contribution in [3.63, 3.8) is 0 Å². The molecule has 1 heterocycles. The number of benzene rings is 3. The number of hydrogen-bond acceptors (Lipinski definition) is 4. The SMILES string of the molecule is CCOc1ccc2c(c1)c(=O)c(C(=O)c1ccc(C)cc1)cn2CC(=O)Nc1ccccc1C. The zero-order chi connectivity index (χ0) is 24.2. The molecule has 6 nitrogen and oxygen atoms in total. The number of rotatable bonds is 7. The smallest absolute Gasteiger partial charge is 0.244 e. The molecule has 1 N–H and O–H groups in total. The first-order chi connectivity index (χ1) is 16.4. The first kappa shape index (κ1) is 23.0. The highest BCUT2D eigenvalue weighted by molar-refractivity contribution is 6.10. The van der Waals surface area contributed by atoms with Crippen LogP contribution in [0.1, 0.15) is 34.0 Å². The third-order valence-corrected chi connectivity index (χ3v) is 5.65. The van der Waals surface area contributed by atoms with Crippen LogP contribution in [0.5, 0.6) is 5.75 Å². The number of aromatic nitrogens is 1. The van der Waals surface area contributed by atoms with E-state index in [-0.39, 0.29) is 23.8 Å². The van der Waals surface area contributed by atoms with Gasteiger partial charge in [-0.25, -0.2) is 0 Å². The molecule has 0 saturated carbocycles. The van der Waals surface area contributed by atoms with Crippen LogP contribution in [-0.4, -0.2) is 22.9 Å². The molecule has 6 heteroatoms. The van der Waals surface area contributed by atoms with E-state index in [4.69, 9.17) is 4.74 Å². The van der Waals surface area contributed by atoms with Crippen LogP contribution in [0.15, 0.2) is 77.7 Å². The van der Waals surface area contributed by atoms with Crippen LogP contribution >= 0.6 is 0 Å². The second-order valence-electron chi connectivity index (χ2n) is 8.17. The van der Waals surface area contributed by atoms with Crippen molar-refractivity contribution >= 4 is 28.3 Å². The fourth-order valence-electron chi connectivity index (χ4n) is 3.84. The van der Waals surface area contributed by atoms with Gasteiger partial charge in [-0.2, -0.15) is 0 Å². The van der Waals surface area contributed by atoms with Crippen molar-refractivity contribution in [3.8, 4) is 5.75 Å². The second kappa shape index (κ2) is 9.75. The van der Waals surface area contributed by atoms with Crippen LogP contribution in [-0.2, 0) is 11.3 Å². The Morgan fingerprint density at radius 3 is 2.41 bits per heavy atom. The highest BCUT2D eigenvalue weighted by Gasteiger charge is 2.19. The average Bonchev–Trinajstić information content (AvgIpc) is 2.82. The Kier molecular flexibility index (Phi) is 6.59. The van der Waals surface area contributed by atoms with Gasteiger partial charge in [-0.1, -0.05) is 48.0 Å². The lowest BCUT2D eigenvalue weighted by molar-refractivity contribution is -0.116. The lowest BCUT2D eigenvalue weighted by atomic mass is 10.0. The zero-order valence-corrected chi connectivity index (χ0v) is 19.4. The highest BCUT2D eigenvalue weighted by atomic mass is 16.5. The molecule has 1 amide bonds. The Morgan fingerprint density at radius 2 is 1.71 bits per heavy atom. The number of carbonyl (C=O) groups is 2. The van der Waals surface area contributed by atoms with E-state index in [9.17, 15) is 14.4 Å². The number of amides is 1. The van der Waals surface area contributed by atoms with Crippen LogP contribution in [0, 0.1) is 13.8 Å². The van der Waals surface area contributed by atoms with Crippen molar-refractivity contribution in [2.24, 2.45) is 0 Å². The van der Waals surface area contributed by atoms with Gasteiger partial charge in [0.1, 0.15) is 12.3 Å². The van der Waals surface area contributed by atoms with Gasteiger partial charge in [-0.05, 0) is 50.6 Å². The second-order valence-corrected chi connectivity index (χ2v) is 8.17. The van der Waals surface area contributed by atoms with Crippen molar-refractivity contribution in [3.05, 3.63) is 105 Å². The number of ether oxygens (including phenoxy) is 1. The monoisotopic (exact) mass is 454 g/mol. The van der Waals surface area contributed by atoms with E-state index in [1.807, 2.05) is 57.2 Å². The predicted molar refractivity (Wildman–Crippen MR) is 134 cm³/mol. The Labute approximate surface area is 197 Å². The van der Waals surface area contributed by atoms with Gasteiger partial charge >= 0.3 is 0 Å². The molecule has 34 heavy (non-hydrogen) atoms. The van der Waals surface area contributed by atoms with Crippen LogP contribution < -0.4 is 15.5 Å².